The minimum Gasteiger partial charge on any atom is -0.480 e. The second-order valence-corrected chi connectivity index (χ2v) is 6.68. The van der Waals surface area contributed by atoms with Gasteiger partial charge in [0.1, 0.15) is 0 Å². The predicted molar refractivity (Wildman–Crippen MR) is 72.9 cm³/mol. The Balaban J connectivity index is 2.25. The number of halogens is 2. The maximum atomic E-state index is 12.4. The number of carbonyl (C=O) groups excluding carboxylic acids is 1. The number of hydrogen-bond donors (Lipinski definition) is 1. The van der Waals surface area contributed by atoms with Gasteiger partial charge >= 0.3 is 11.7 Å². The molecule has 1 aromatic carbocycles. The van der Waals surface area contributed by atoms with E-state index in [-0.39, 0.29) is 25.3 Å². The number of carbonyl (C=O) groups is 2. The van der Waals surface area contributed by atoms with Crippen LogP contribution < -0.4 is 0 Å². The van der Waals surface area contributed by atoms with Gasteiger partial charge in [-0.05, 0) is 24.3 Å². The Morgan fingerprint density at radius 2 is 1.87 bits per heavy atom. The fourth-order valence-electron chi connectivity index (χ4n) is 2.11. The molecule has 0 aliphatic carbocycles. The highest BCUT2D eigenvalue weighted by Gasteiger charge is 2.33. The van der Waals surface area contributed by atoms with Gasteiger partial charge in [-0.2, -0.15) is 8.78 Å². The van der Waals surface area contributed by atoms with E-state index in [9.17, 15) is 26.8 Å². The minimum absolute atomic E-state index is 0.00589. The molecule has 1 aromatic rings. The zero-order valence-electron chi connectivity index (χ0n) is 11.7. The van der Waals surface area contributed by atoms with Crippen LogP contribution in [0.2, 0.25) is 0 Å². The molecule has 1 aliphatic heterocycles. The van der Waals surface area contributed by atoms with Gasteiger partial charge in [-0.15, -0.1) is 0 Å². The molecule has 23 heavy (non-hydrogen) atoms. The Morgan fingerprint density at radius 1 is 1.26 bits per heavy atom. The molecule has 0 spiro atoms. The average Bonchev–Trinajstić information content (AvgIpc) is 2.54. The van der Waals surface area contributed by atoms with Crippen molar-refractivity contribution in [2.45, 2.75) is 16.7 Å². The van der Waals surface area contributed by atoms with Crippen LogP contribution in [0.1, 0.15) is 10.4 Å². The molecule has 0 saturated carbocycles. The molecule has 1 heterocycles. The number of rotatable bonds is 4. The van der Waals surface area contributed by atoms with Gasteiger partial charge < -0.3 is 14.7 Å². The molecule has 1 aliphatic rings. The number of aliphatic carboxylic acids is 1. The molecule has 7 nitrogen and oxygen atoms in total. The number of alkyl halides is 2. The summed E-state index contributed by atoms with van der Waals surface area (Å²) in [5.74, 6) is -5.42. The van der Waals surface area contributed by atoms with Crippen LogP contribution in [-0.2, 0) is 19.4 Å². The maximum absolute atomic E-state index is 12.4. The number of benzene rings is 1. The predicted octanol–water partition coefficient (Wildman–Crippen LogP) is 0.608. The lowest BCUT2D eigenvalue weighted by Crippen LogP contribution is -2.52. The second-order valence-electron chi connectivity index (χ2n) is 4.76. The molecular weight excluding hydrogens is 336 g/mol. The Hall–Kier alpha value is -2.07. The Morgan fingerprint density at radius 3 is 2.39 bits per heavy atom. The van der Waals surface area contributed by atoms with Gasteiger partial charge in [-0.1, -0.05) is 0 Å². The number of morpholine rings is 1. The molecular formula is C13H13F2NO6S. The van der Waals surface area contributed by atoms with Gasteiger partial charge in [0.05, 0.1) is 18.1 Å². The van der Waals surface area contributed by atoms with E-state index in [1.807, 2.05) is 0 Å². The highest BCUT2D eigenvalue weighted by molar-refractivity contribution is 7.91. The number of ether oxygens (including phenoxy) is 1. The summed E-state index contributed by atoms with van der Waals surface area (Å²) in [6.07, 6.45) is 0. The first-order chi connectivity index (χ1) is 10.7. The Kier molecular flexibility index (Phi) is 4.95. The first-order valence-corrected chi connectivity index (χ1v) is 8.03. The van der Waals surface area contributed by atoms with Crippen LogP contribution in [0.5, 0.6) is 0 Å². The van der Waals surface area contributed by atoms with Crippen LogP contribution in [0, 0.1) is 0 Å². The molecule has 2 rings (SSSR count). The number of carboxylic acids is 1. The van der Waals surface area contributed by atoms with E-state index in [1.54, 1.807) is 0 Å². The Labute approximate surface area is 130 Å². The summed E-state index contributed by atoms with van der Waals surface area (Å²) in [6.45, 7) is 0.0825. The SMILES string of the molecule is O=C(O)C1COCCN1C(=O)c1ccc(S(=O)(=O)C(F)F)cc1. The zero-order valence-corrected chi connectivity index (χ0v) is 12.5. The molecule has 0 radical (unpaired) electrons. The number of amides is 1. The molecule has 0 aromatic heterocycles. The summed E-state index contributed by atoms with van der Waals surface area (Å²) in [7, 11) is -4.74. The quantitative estimate of drug-likeness (QED) is 0.855. The lowest BCUT2D eigenvalue weighted by Gasteiger charge is -2.32. The van der Waals surface area contributed by atoms with Crippen molar-refractivity contribution in [3.63, 3.8) is 0 Å². The largest absolute Gasteiger partial charge is 0.480 e. The third kappa shape index (κ3) is 3.48. The highest BCUT2D eigenvalue weighted by Crippen LogP contribution is 2.20. The van der Waals surface area contributed by atoms with Crippen LogP contribution in [0.4, 0.5) is 8.78 Å². The second kappa shape index (κ2) is 6.59. The van der Waals surface area contributed by atoms with Crippen molar-refractivity contribution in [2.24, 2.45) is 0 Å². The first kappa shape index (κ1) is 17.3. The third-order valence-corrected chi connectivity index (χ3v) is 4.74. The fraction of sp³-hybridized carbons (Fsp3) is 0.385. The third-order valence-electron chi connectivity index (χ3n) is 3.34. The monoisotopic (exact) mass is 349 g/mol. The summed E-state index contributed by atoms with van der Waals surface area (Å²) >= 11 is 0. The number of hydrogen-bond acceptors (Lipinski definition) is 5. The Bertz CT molecular complexity index is 704. The van der Waals surface area contributed by atoms with Crippen molar-refractivity contribution in [3.05, 3.63) is 29.8 Å². The van der Waals surface area contributed by atoms with Crippen LogP contribution in [0.3, 0.4) is 0 Å². The van der Waals surface area contributed by atoms with E-state index in [2.05, 4.69) is 0 Å². The normalized spacial score (nSPS) is 18.9. The van der Waals surface area contributed by atoms with Crippen molar-refractivity contribution in [2.75, 3.05) is 19.8 Å². The lowest BCUT2D eigenvalue weighted by atomic mass is 10.1. The molecule has 1 amide bonds. The fourth-order valence-corrected chi connectivity index (χ4v) is 2.83. The smallest absolute Gasteiger partial charge is 0.341 e. The van der Waals surface area contributed by atoms with E-state index in [0.717, 1.165) is 29.2 Å². The van der Waals surface area contributed by atoms with Gasteiger partial charge in [0, 0.05) is 12.1 Å². The summed E-state index contributed by atoms with van der Waals surface area (Å²) in [5.41, 5.74) is 0.00589. The molecule has 126 valence electrons. The molecule has 1 unspecified atom stereocenters. The zero-order chi connectivity index (χ0) is 17.2. The van der Waals surface area contributed by atoms with E-state index in [4.69, 9.17) is 9.84 Å². The van der Waals surface area contributed by atoms with Crippen molar-refractivity contribution < 1.29 is 36.6 Å². The average molecular weight is 349 g/mol. The van der Waals surface area contributed by atoms with E-state index in [0.29, 0.717) is 0 Å². The molecule has 1 fully saturated rings. The van der Waals surface area contributed by atoms with Gasteiger partial charge in [0.15, 0.2) is 6.04 Å². The number of nitrogens with zero attached hydrogens (tertiary/aromatic N) is 1. The summed E-state index contributed by atoms with van der Waals surface area (Å²) in [5, 5.41) is 9.08. The van der Waals surface area contributed by atoms with Crippen molar-refractivity contribution in [1.82, 2.24) is 4.90 Å². The molecule has 1 saturated heterocycles. The van der Waals surface area contributed by atoms with Gasteiger partial charge in [0.25, 0.3) is 5.91 Å². The van der Waals surface area contributed by atoms with Crippen molar-refractivity contribution >= 4 is 21.7 Å². The highest BCUT2D eigenvalue weighted by atomic mass is 32.2. The molecule has 10 heteroatoms. The van der Waals surface area contributed by atoms with Crippen molar-refractivity contribution in [3.8, 4) is 0 Å². The number of carboxylic acid groups (broad SMARTS) is 1. The molecule has 1 N–H and O–H groups in total. The molecule has 1 atom stereocenters. The van der Waals surface area contributed by atoms with Gasteiger partial charge in [-0.3, -0.25) is 4.79 Å². The number of sulfone groups is 1. The van der Waals surface area contributed by atoms with E-state index < -0.39 is 38.4 Å². The van der Waals surface area contributed by atoms with Gasteiger partial charge in [-0.25, -0.2) is 13.2 Å². The van der Waals surface area contributed by atoms with Gasteiger partial charge in [0.2, 0.25) is 9.84 Å². The summed E-state index contributed by atoms with van der Waals surface area (Å²) in [6, 6.07) is 2.79. The van der Waals surface area contributed by atoms with Crippen LogP contribution in [-0.4, -0.2) is 61.9 Å². The van der Waals surface area contributed by atoms with Crippen LogP contribution in [0.25, 0.3) is 0 Å². The van der Waals surface area contributed by atoms with Crippen LogP contribution in [0.15, 0.2) is 29.2 Å². The van der Waals surface area contributed by atoms with E-state index >= 15 is 0 Å². The maximum Gasteiger partial charge on any atom is 0.341 e. The summed E-state index contributed by atoms with van der Waals surface area (Å²) in [4.78, 5) is 23.9. The standard InChI is InChI=1S/C13H13F2NO6S/c14-13(15)23(20,21)9-3-1-8(2-4-9)11(17)16-5-6-22-7-10(16)12(18)19/h1-4,10,13H,5-7H2,(H,18,19). The minimum atomic E-state index is -4.74. The summed E-state index contributed by atoms with van der Waals surface area (Å²) < 4.78 is 52.5. The first-order valence-electron chi connectivity index (χ1n) is 6.49. The van der Waals surface area contributed by atoms with Crippen LogP contribution >= 0.6 is 0 Å². The molecule has 0 bridgehead atoms. The lowest BCUT2D eigenvalue weighted by molar-refractivity contribution is -0.147. The topological polar surface area (TPSA) is 101 Å². The van der Waals surface area contributed by atoms with Crippen molar-refractivity contribution in [1.29, 1.82) is 0 Å². The van der Waals surface area contributed by atoms with E-state index in [1.165, 1.54) is 0 Å².